The van der Waals surface area contributed by atoms with E-state index in [1.807, 2.05) is 4.90 Å². The summed E-state index contributed by atoms with van der Waals surface area (Å²) < 4.78 is 0. The molecular formula is C11H19NO2. The number of amides is 1. The monoisotopic (exact) mass is 197 g/mol. The van der Waals surface area contributed by atoms with Crippen LogP contribution < -0.4 is 0 Å². The van der Waals surface area contributed by atoms with Gasteiger partial charge in [-0.05, 0) is 25.2 Å². The molecule has 2 rings (SSSR count). The van der Waals surface area contributed by atoms with Gasteiger partial charge in [0, 0.05) is 13.0 Å². The summed E-state index contributed by atoms with van der Waals surface area (Å²) in [6.07, 6.45) is 5.93. The van der Waals surface area contributed by atoms with E-state index in [0.717, 1.165) is 12.8 Å². The van der Waals surface area contributed by atoms with E-state index < -0.39 is 0 Å². The van der Waals surface area contributed by atoms with Crippen molar-refractivity contribution in [3.05, 3.63) is 0 Å². The van der Waals surface area contributed by atoms with Crippen molar-refractivity contribution in [2.75, 3.05) is 6.61 Å². The lowest BCUT2D eigenvalue weighted by Crippen LogP contribution is -2.43. The fourth-order valence-electron chi connectivity index (χ4n) is 3.22. The number of fused-ring (bicyclic) bond motifs is 1. The fraction of sp³-hybridized carbons (Fsp3) is 0.909. The maximum atomic E-state index is 11.5. The summed E-state index contributed by atoms with van der Waals surface area (Å²) >= 11 is 0. The molecule has 0 aromatic heterocycles. The van der Waals surface area contributed by atoms with E-state index in [2.05, 4.69) is 0 Å². The highest BCUT2D eigenvalue weighted by molar-refractivity contribution is 5.74. The first kappa shape index (κ1) is 9.97. The van der Waals surface area contributed by atoms with Crippen LogP contribution in [-0.4, -0.2) is 34.6 Å². The minimum atomic E-state index is 0.0978. The van der Waals surface area contributed by atoms with E-state index in [1.54, 1.807) is 6.92 Å². The molecular weight excluding hydrogens is 178 g/mol. The molecule has 3 nitrogen and oxygen atoms in total. The Balaban J connectivity index is 2.14. The van der Waals surface area contributed by atoms with Crippen molar-refractivity contribution in [1.29, 1.82) is 0 Å². The smallest absolute Gasteiger partial charge is 0.220 e. The number of aliphatic hydroxyl groups excluding tert-OH is 1. The van der Waals surface area contributed by atoms with Crippen molar-refractivity contribution in [3.63, 3.8) is 0 Å². The lowest BCUT2D eigenvalue weighted by Gasteiger charge is -2.32. The molecule has 2 fully saturated rings. The van der Waals surface area contributed by atoms with Crippen molar-refractivity contribution >= 4 is 5.91 Å². The van der Waals surface area contributed by atoms with Crippen LogP contribution in [0.5, 0.6) is 0 Å². The molecule has 3 atom stereocenters. The zero-order valence-corrected chi connectivity index (χ0v) is 8.78. The van der Waals surface area contributed by atoms with Crippen LogP contribution in [-0.2, 0) is 4.79 Å². The highest BCUT2D eigenvalue weighted by Gasteiger charge is 2.42. The first-order valence-electron chi connectivity index (χ1n) is 5.63. The summed E-state index contributed by atoms with van der Waals surface area (Å²) in [7, 11) is 0. The summed E-state index contributed by atoms with van der Waals surface area (Å²) in [6.45, 7) is 1.76. The number of hydrogen-bond acceptors (Lipinski definition) is 2. The molecule has 80 valence electrons. The van der Waals surface area contributed by atoms with E-state index in [4.69, 9.17) is 0 Å². The van der Waals surface area contributed by atoms with Crippen molar-refractivity contribution in [2.24, 2.45) is 5.92 Å². The van der Waals surface area contributed by atoms with Gasteiger partial charge in [0.15, 0.2) is 0 Å². The molecule has 1 heterocycles. The lowest BCUT2D eigenvalue weighted by atomic mass is 9.85. The van der Waals surface area contributed by atoms with Crippen LogP contribution in [0.3, 0.4) is 0 Å². The standard InChI is InChI=1S/C11H19NO2/c1-8(14)12-10(7-13)6-9-4-2-3-5-11(9)12/h9-11,13H,2-7H2,1H3/t9-,10-,11-/m0/s1. The quantitative estimate of drug-likeness (QED) is 0.685. The number of aliphatic hydroxyl groups is 1. The van der Waals surface area contributed by atoms with Gasteiger partial charge in [0.1, 0.15) is 0 Å². The van der Waals surface area contributed by atoms with Crippen molar-refractivity contribution in [2.45, 2.75) is 51.1 Å². The van der Waals surface area contributed by atoms with Gasteiger partial charge >= 0.3 is 0 Å². The van der Waals surface area contributed by atoms with Gasteiger partial charge in [-0.2, -0.15) is 0 Å². The van der Waals surface area contributed by atoms with Gasteiger partial charge in [-0.1, -0.05) is 12.8 Å². The molecule has 1 aliphatic heterocycles. The third-order valence-electron chi connectivity index (χ3n) is 3.77. The average molecular weight is 197 g/mol. The average Bonchev–Trinajstić information content (AvgIpc) is 2.55. The third kappa shape index (κ3) is 1.54. The Hall–Kier alpha value is -0.570. The van der Waals surface area contributed by atoms with Crippen LogP contribution in [0, 0.1) is 5.92 Å². The number of likely N-dealkylation sites (tertiary alicyclic amines) is 1. The highest BCUT2D eigenvalue weighted by atomic mass is 16.3. The van der Waals surface area contributed by atoms with E-state index >= 15 is 0 Å². The largest absolute Gasteiger partial charge is 0.394 e. The Bertz CT molecular complexity index is 229. The maximum absolute atomic E-state index is 11.5. The third-order valence-corrected chi connectivity index (χ3v) is 3.77. The number of carbonyl (C=O) groups is 1. The van der Waals surface area contributed by atoms with E-state index in [1.165, 1.54) is 19.3 Å². The molecule has 0 bridgehead atoms. The molecule has 0 unspecified atom stereocenters. The topological polar surface area (TPSA) is 40.5 Å². The van der Waals surface area contributed by atoms with Gasteiger partial charge in [0.25, 0.3) is 0 Å². The second-order valence-corrected chi connectivity index (χ2v) is 4.61. The van der Waals surface area contributed by atoms with Gasteiger partial charge in [-0.15, -0.1) is 0 Å². The van der Waals surface area contributed by atoms with Gasteiger partial charge in [-0.3, -0.25) is 4.79 Å². The Morgan fingerprint density at radius 2 is 2.14 bits per heavy atom. The maximum Gasteiger partial charge on any atom is 0.220 e. The molecule has 0 aromatic carbocycles. The van der Waals surface area contributed by atoms with Crippen molar-refractivity contribution in [3.8, 4) is 0 Å². The number of nitrogens with zero attached hydrogens (tertiary/aromatic N) is 1. The SMILES string of the molecule is CC(=O)N1[C@H](CO)C[C@@H]2CCCC[C@@H]21. The Kier molecular flexibility index (Phi) is 2.77. The number of carbonyl (C=O) groups excluding carboxylic acids is 1. The van der Waals surface area contributed by atoms with Crippen molar-refractivity contribution in [1.82, 2.24) is 4.90 Å². The Morgan fingerprint density at radius 1 is 1.43 bits per heavy atom. The second kappa shape index (κ2) is 3.89. The number of hydrogen-bond donors (Lipinski definition) is 1. The molecule has 2 aliphatic rings. The number of rotatable bonds is 1. The lowest BCUT2D eigenvalue weighted by molar-refractivity contribution is -0.133. The van der Waals surface area contributed by atoms with Gasteiger partial charge in [0.05, 0.1) is 12.6 Å². The molecule has 1 N–H and O–H groups in total. The molecule has 0 aromatic rings. The molecule has 1 saturated heterocycles. The highest BCUT2D eigenvalue weighted by Crippen LogP contribution is 2.39. The van der Waals surface area contributed by atoms with Gasteiger partial charge in [0.2, 0.25) is 5.91 Å². The first-order chi connectivity index (χ1) is 6.74. The fourth-order valence-corrected chi connectivity index (χ4v) is 3.22. The molecule has 1 aliphatic carbocycles. The van der Waals surface area contributed by atoms with Crippen LogP contribution in [0.1, 0.15) is 39.0 Å². The summed E-state index contributed by atoms with van der Waals surface area (Å²) in [4.78, 5) is 13.4. The van der Waals surface area contributed by atoms with Crippen LogP contribution >= 0.6 is 0 Å². The summed E-state index contributed by atoms with van der Waals surface area (Å²) in [5.41, 5.74) is 0. The molecule has 0 spiro atoms. The van der Waals surface area contributed by atoms with Crippen molar-refractivity contribution < 1.29 is 9.90 Å². The van der Waals surface area contributed by atoms with Gasteiger partial charge < -0.3 is 10.0 Å². The van der Waals surface area contributed by atoms with E-state index in [0.29, 0.717) is 12.0 Å². The molecule has 3 heteroatoms. The molecule has 1 amide bonds. The Morgan fingerprint density at radius 3 is 2.79 bits per heavy atom. The first-order valence-corrected chi connectivity index (χ1v) is 5.63. The zero-order valence-electron chi connectivity index (χ0n) is 8.78. The predicted octanol–water partition coefficient (Wildman–Crippen LogP) is 1.16. The zero-order chi connectivity index (χ0) is 10.1. The summed E-state index contributed by atoms with van der Waals surface area (Å²) in [6, 6.07) is 0.527. The van der Waals surface area contributed by atoms with Crippen LogP contribution in [0.4, 0.5) is 0 Å². The van der Waals surface area contributed by atoms with E-state index in [9.17, 15) is 9.90 Å². The van der Waals surface area contributed by atoms with Crippen LogP contribution in [0.15, 0.2) is 0 Å². The molecule has 14 heavy (non-hydrogen) atoms. The minimum Gasteiger partial charge on any atom is -0.394 e. The molecule has 1 saturated carbocycles. The van der Waals surface area contributed by atoms with Crippen LogP contribution in [0.25, 0.3) is 0 Å². The van der Waals surface area contributed by atoms with Gasteiger partial charge in [-0.25, -0.2) is 0 Å². The van der Waals surface area contributed by atoms with Crippen LogP contribution in [0.2, 0.25) is 0 Å². The second-order valence-electron chi connectivity index (χ2n) is 4.61. The predicted molar refractivity (Wildman–Crippen MR) is 53.8 cm³/mol. The normalized spacial score (nSPS) is 37.0. The summed E-state index contributed by atoms with van der Waals surface area (Å²) in [5, 5.41) is 9.24. The molecule has 0 radical (unpaired) electrons. The summed E-state index contributed by atoms with van der Waals surface area (Å²) in [5.74, 6) is 0.795. The minimum absolute atomic E-state index is 0.0978. The van der Waals surface area contributed by atoms with E-state index in [-0.39, 0.29) is 18.6 Å². The Labute approximate surface area is 85.1 Å².